The molecule has 4 nitrogen and oxygen atoms in total. The molecule has 0 aliphatic rings. The van der Waals surface area contributed by atoms with Crippen LogP contribution in [0.3, 0.4) is 0 Å². The lowest BCUT2D eigenvalue weighted by Gasteiger charge is -1.98. The molecule has 0 amide bonds. The first-order valence-corrected chi connectivity index (χ1v) is 6.42. The van der Waals surface area contributed by atoms with E-state index < -0.39 is 11.9 Å². The number of allylic oxidation sites excluding steroid dienone is 1. The highest BCUT2D eigenvalue weighted by molar-refractivity contribution is 5.96. The van der Waals surface area contributed by atoms with Crippen LogP contribution in [-0.4, -0.2) is 22.2 Å². The van der Waals surface area contributed by atoms with Gasteiger partial charge >= 0.3 is 11.9 Å². The Morgan fingerprint density at radius 2 is 1.61 bits per heavy atom. The molecule has 2 N–H and O–H groups in total. The Hall–Kier alpha value is -1.58. The Labute approximate surface area is 108 Å². The van der Waals surface area contributed by atoms with Crippen LogP contribution in [0, 0.1) is 0 Å². The van der Waals surface area contributed by atoms with E-state index in [0.717, 1.165) is 19.3 Å². The van der Waals surface area contributed by atoms with E-state index >= 15 is 0 Å². The minimum Gasteiger partial charge on any atom is -0.478 e. The summed E-state index contributed by atoms with van der Waals surface area (Å²) in [6.45, 7) is 2.17. The van der Waals surface area contributed by atoms with Gasteiger partial charge in [-0.25, -0.2) is 9.59 Å². The highest BCUT2D eigenvalue weighted by atomic mass is 16.4. The van der Waals surface area contributed by atoms with E-state index in [1.54, 1.807) is 6.08 Å². The lowest BCUT2D eigenvalue weighted by molar-refractivity contribution is -0.134. The van der Waals surface area contributed by atoms with Crippen LogP contribution in [0.2, 0.25) is 0 Å². The molecule has 0 saturated carbocycles. The standard InChI is InChI=1S/C14H22O4/c1-2-3-4-5-6-7-8-9-10-12(14(17)18)11-13(15)16/h9-11H,2-8H2,1H3,(H,15,16)(H,17,18). The van der Waals surface area contributed by atoms with Crippen LogP contribution in [0.4, 0.5) is 0 Å². The van der Waals surface area contributed by atoms with E-state index in [-0.39, 0.29) is 5.57 Å². The van der Waals surface area contributed by atoms with Crippen molar-refractivity contribution in [2.75, 3.05) is 0 Å². The molecular weight excluding hydrogens is 232 g/mol. The molecule has 0 aromatic rings. The summed E-state index contributed by atoms with van der Waals surface area (Å²) in [4.78, 5) is 21.1. The maximum absolute atomic E-state index is 10.7. The van der Waals surface area contributed by atoms with Gasteiger partial charge in [-0.05, 0) is 12.8 Å². The second kappa shape index (κ2) is 10.6. The first kappa shape index (κ1) is 16.4. The SMILES string of the molecule is CCCCCCCCC=CC(=CC(=O)O)C(=O)O. The molecule has 102 valence electrons. The molecule has 0 fully saturated rings. The first-order chi connectivity index (χ1) is 8.57. The molecule has 0 aliphatic heterocycles. The summed E-state index contributed by atoms with van der Waals surface area (Å²) in [6, 6.07) is 0. The van der Waals surface area contributed by atoms with Crippen LogP contribution >= 0.6 is 0 Å². The predicted octanol–water partition coefficient (Wildman–Crippen LogP) is 3.39. The van der Waals surface area contributed by atoms with Gasteiger partial charge < -0.3 is 10.2 Å². The molecule has 18 heavy (non-hydrogen) atoms. The molecule has 0 aromatic carbocycles. The molecule has 0 rings (SSSR count). The molecule has 0 spiro atoms. The average Bonchev–Trinajstić information content (AvgIpc) is 2.30. The summed E-state index contributed by atoms with van der Waals surface area (Å²) in [5.41, 5.74) is -0.187. The van der Waals surface area contributed by atoms with E-state index in [9.17, 15) is 9.59 Å². The monoisotopic (exact) mass is 254 g/mol. The number of hydrogen-bond acceptors (Lipinski definition) is 2. The van der Waals surface area contributed by atoms with E-state index in [0.29, 0.717) is 6.08 Å². The zero-order valence-electron chi connectivity index (χ0n) is 10.9. The van der Waals surface area contributed by atoms with Crippen molar-refractivity contribution in [2.45, 2.75) is 51.9 Å². The average molecular weight is 254 g/mol. The van der Waals surface area contributed by atoms with Crippen LogP contribution in [0.25, 0.3) is 0 Å². The van der Waals surface area contributed by atoms with Gasteiger partial charge in [0.25, 0.3) is 0 Å². The molecule has 0 saturated heterocycles. The maximum atomic E-state index is 10.7. The van der Waals surface area contributed by atoms with E-state index in [2.05, 4.69) is 6.92 Å². The quantitative estimate of drug-likeness (QED) is 0.356. The molecular formula is C14H22O4. The largest absolute Gasteiger partial charge is 0.478 e. The zero-order valence-corrected chi connectivity index (χ0v) is 10.9. The Bertz CT molecular complexity index is 316. The fourth-order valence-corrected chi connectivity index (χ4v) is 1.57. The Kier molecular flexibility index (Phi) is 9.64. The molecule has 0 aromatic heterocycles. The number of carbonyl (C=O) groups is 2. The summed E-state index contributed by atoms with van der Waals surface area (Å²) in [5.74, 6) is -2.45. The van der Waals surface area contributed by atoms with E-state index in [1.165, 1.54) is 31.8 Å². The van der Waals surface area contributed by atoms with Crippen LogP contribution in [0.1, 0.15) is 51.9 Å². The van der Waals surface area contributed by atoms with Gasteiger partial charge in [-0.1, -0.05) is 51.2 Å². The molecule has 0 atom stereocenters. The second-order valence-electron chi connectivity index (χ2n) is 4.20. The Balaban J connectivity index is 3.85. The Morgan fingerprint density at radius 3 is 2.17 bits per heavy atom. The van der Waals surface area contributed by atoms with Gasteiger partial charge in [0.1, 0.15) is 0 Å². The van der Waals surface area contributed by atoms with Crippen molar-refractivity contribution in [3.8, 4) is 0 Å². The minimum absolute atomic E-state index is 0.187. The summed E-state index contributed by atoms with van der Waals surface area (Å²) in [6.07, 6.45) is 11.7. The van der Waals surface area contributed by atoms with Crippen LogP contribution < -0.4 is 0 Å². The molecule has 0 unspecified atom stereocenters. The van der Waals surface area contributed by atoms with E-state index in [4.69, 9.17) is 10.2 Å². The number of hydrogen-bond donors (Lipinski definition) is 2. The highest BCUT2D eigenvalue weighted by Gasteiger charge is 2.04. The van der Waals surface area contributed by atoms with Gasteiger partial charge in [-0.15, -0.1) is 0 Å². The number of carboxylic acids is 2. The van der Waals surface area contributed by atoms with Crippen molar-refractivity contribution in [1.29, 1.82) is 0 Å². The molecule has 0 heterocycles. The van der Waals surface area contributed by atoms with Gasteiger partial charge in [0.15, 0.2) is 0 Å². The summed E-state index contributed by atoms with van der Waals surface area (Å²) >= 11 is 0. The smallest absolute Gasteiger partial charge is 0.335 e. The molecule has 0 radical (unpaired) electrons. The van der Waals surface area contributed by atoms with Crippen molar-refractivity contribution < 1.29 is 19.8 Å². The number of carboxylic acid groups (broad SMARTS) is 2. The number of rotatable bonds is 10. The number of aliphatic carboxylic acids is 2. The third-order valence-electron chi connectivity index (χ3n) is 2.55. The van der Waals surface area contributed by atoms with Gasteiger partial charge in [0.05, 0.1) is 5.57 Å². The minimum atomic E-state index is -1.24. The Morgan fingerprint density at radius 1 is 1.00 bits per heavy atom. The molecule has 0 bridgehead atoms. The first-order valence-electron chi connectivity index (χ1n) is 6.42. The van der Waals surface area contributed by atoms with Crippen LogP contribution in [0.15, 0.2) is 23.8 Å². The normalized spacial score (nSPS) is 11.9. The van der Waals surface area contributed by atoms with Crippen LogP contribution in [0.5, 0.6) is 0 Å². The van der Waals surface area contributed by atoms with E-state index in [1.807, 2.05) is 0 Å². The van der Waals surface area contributed by atoms with Gasteiger partial charge in [-0.3, -0.25) is 0 Å². The van der Waals surface area contributed by atoms with Crippen molar-refractivity contribution >= 4 is 11.9 Å². The number of unbranched alkanes of at least 4 members (excludes halogenated alkanes) is 6. The topological polar surface area (TPSA) is 74.6 Å². The highest BCUT2D eigenvalue weighted by Crippen LogP contribution is 2.08. The van der Waals surface area contributed by atoms with Crippen LogP contribution in [-0.2, 0) is 9.59 Å². The summed E-state index contributed by atoms with van der Waals surface area (Å²) < 4.78 is 0. The fraction of sp³-hybridized carbons (Fsp3) is 0.571. The van der Waals surface area contributed by atoms with Crippen molar-refractivity contribution in [3.05, 3.63) is 23.8 Å². The third-order valence-corrected chi connectivity index (χ3v) is 2.55. The van der Waals surface area contributed by atoms with Gasteiger partial charge in [-0.2, -0.15) is 0 Å². The third kappa shape index (κ3) is 9.63. The lowest BCUT2D eigenvalue weighted by atomic mass is 10.1. The molecule has 0 aliphatic carbocycles. The van der Waals surface area contributed by atoms with Crippen molar-refractivity contribution in [2.24, 2.45) is 0 Å². The van der Waals surface area contributed by atoms with Gasteiger partial charge in [0, 0.05) is 6.08 Å². The van der Waals surface area contributed by atoms with Crippen molar-refractivity contribution in [3.63, 3.8) is 0 Å². The maximum Gasteiger partial charge on any atom is 0.335 e. The summed E-state index contributed by atoms with van der Waals surface area (Å²) in [5, 5.41) is 17.2. The fourth-order valence-electron chi connectivity index (χ4n) is 1.57. The van der Waals surface area contributed by atoms with Crippen molar-refractivity contribution in [1.82, 2.24) is 0 Å². The second-order valence-corrected chi connectivity index (χ2v) is 4.20. The zero-order chi connectivity index (χ0) is 13.8. The lowest BCUT2D eigenvalue weighted by Crippen LogP contribution is -2.01. The summed E-state index contributed by atoms with van der Waals surface area (Å²) in [7, 11) is 0. The predicted molar refractivity (Wildman–Crippen MR) is 70.5 cm³/mol. The van der Waals surface area contributed by atoms with Gasteiger partial charge in [0.2, 0.25) is 0 Å². The molecule has 4 heteroatoms.